The number of halogens is 1. The van der Waals surface area contributed by atoms with Crippen LogP contribution in [0, 0.1) is 0 Å². The Morgan fingerprint density at radius 3 is 2.44 bits per heavy atom. The Labute approximate surface area is 117 Å². The van der Waals surface area contributed by atoms with Crippen molar-refractivity contribution in [2.24, 2.45) is 0 Å². The molecule has 0 radical (unpaired) electrons. The number of benzene rings is 1. The third-order valence-electron chi connectivity index (χ3n) is 2.51. The van der Waals surface area contributed by atoms with Crippen LogP contribution in [-0.4, -0.2) is 20.0 Å². The lowest BCUT2D eigenvalue weighted by Crippen LogP contribution is -2.01. The highest BCUT2D eigenvalue weighted by molar-refractivity contribution is 9.10. The van der Waals surface area contributed by atoms with Gasteiger partial charge in [-0.3, -0.25) is 4.79 Å². The number of thiophene rings is 1. The average molecular weight is 327 g/mol. The molecule has 18 heavy (non-hydrogen) atoms. The van der Waals surface area contributed by atoms with E-state index in [1.807, 2.05) is 10.8 Å². The summed E-state index contributed by atoms with van der Waals surface area (Å²) < 4.78 is 11.1. The van der Waals surface area contributed by atoms with E-state index in [1.165, 1.54) is 11.3 Å². The van der Waals surface area contributed by atoms with E-state index >= 15 is 0 Å². The zero-order valence-electron chi connectivity index (χ0n) is 9.90. The quantitative estimate of drug-likeness (QED) is 0.802. The fraction of sp³-hybridized carbons (Fsp3) is 0.154. The summed E-state index contributed by atoms with van der Waals surface area (Å²) in [6.45, 7) is 0. The number of carbonyl (C=O) groups excluding carboxylic acids is 1. The van der Waals surface area contributed by atoms with Crippen molar-refractivity contribution < 1.29 is 14.3 Å². The lowest BCUT2D eigenvalue weighted by Gasteiger charge is -2.08. The van der Waals surface area contributed by atoms with Gasteiger partial charge in [0.25, 0.3) is 0 Å². The van der Waals surface area contributed by atoms with Crippen LogP contribution in [0.3, 0.4) is 0 Å². The van der Waals surface area contributed by atoms with Crippen molar-refractivity contribution in [2.45, 2.75) is 0 Å². The number of ketones is 1. The average Bonchev–Trinajstić information content (AvgIpc) is 2.83. The first-order valence-corrected chi connectivity index (χ1v) is 6.89. The standard InChI is InChI=1S/C13H11BrO3S/c1-16-11-4-3-8(5-12(11)17-2)13(15)9-6-18-7-10(9)14/h3-7H,1-2H3. The van der Waals surface area contributed by atoms with Crippen LogP contribution in [0.15, 0.2) is 33.4 Å². The number of ether oxygens (including phenoxy) is 2. The third-order valence-corrected chi connectivity index (χ3v) is 4.21. The molecule has 0 aliphatic carbocycles. The summed E-state index contributed by atoms with van der Waals surface area (Å²) in [5, 5.41) is 3.71. The molecule has 0 atom stereocenters. The van der Waals surface area contributed by atoms with Crippen molar-refractivity contribution in [1.29, 1.82) is 0 Å². The monoisotopic (exact) mass is 326 g/mol. The second-order valence-electron chi connectivity index (χ2n) is 3.53. The fourth-order valence-corrected chi connectivity index (χ4v) is 3.03. The molecule has 1 heterocycles. The zero-order valence-corrected chi connectivity index (χ0v) is 12.3. The molecule has 5 heteroatoms. The van der Waals surface area contributed by atoms with Gasteiger partial charge in [0.05, 0.1) is 14.2 Å². The Hall–Kier alpha value is -1.33. The van der Waals surface area contributed by atoms with Gasteiger partial charge in [0, 0.05) is 26.4 Å². The summed E-state index contributed by atoms with van der Waals surface area (Å²) in [6.07, 6.45) is 0. The van der Waals surface area contributed by atoms with Gasteiger partial charge in [-0.05, 0) is 34.1 Å². The van der Waals surface area contributed by atoms with Gasteiger partial charge in [-0.1, -0.05) is 0 Å². The molecule has 2 rings (SSSR count). The van der Waals surface area contributed by atoms with E-state index in [0.717, 1.165) is 4.47 Å². The molecule has 0 aliphatic rings. The minimum Gasteiger partial charge on any atom is -0.493 e. The van der Waals surface area contributed by atoms with Crippen LogP contribution in [0.2, 0.25) is 0 Å². The summed E-state index contributed by atoms with van der Waals surface area (Å²) >= 11 is 4.84. The van der Waals surface area contributed by atoms with Gasteiger partial charge in [-0.15, -0.1) is 0 Å². The van der Waals surface area contributed by atoms with Gasteiger partial charge in [-0.2, -0.15) is 11.3 Å². The lowest BCUT2D eigenvalue weighted by molar-refractivity contribution is 0.103. The molecule has 0 saturated heterocycles. The van der Waals surface area contributed by atoms with Gasteiger partial charge in [-0.25, -0.2) is 0 Å². The van der Waals surface area contributed by atoms with Crippen molar-refractivity contribution >= 4 is 33.0 Å². The van der Waals surface area contributed by atoms with E-state index < -0.39 is 0 Å². The van der Waals surface area contributed by atoms with E-state index in [2.05, 4.69) is 15.9 Å². The fourth-order valence-electron chi connectivity index (χ4n) is 1.58. The maximum Gasteiger partial charge on any atom is 0.195 e. The second-order valence-corrected chi connectivity index (χ2v) is 5.13. The van der Waals surface area contributed by atoms with E-state index in [1.54, 1.807) is 32.4 Å². The van der Waals surface area contributed by atoms with Crippen molar-refractivity contribution in [1.82, 2.24) is 0 Å². The van der Waals surface area contributed by atoms with Crippen LogP contribution in [0.5, 0.6) is 11.5 Å². The molecular weight excluding hydrogens is 316 g/mol. The minimum absolute atomic E-state index is 0.0379. The van der Waals surface area contributed by atoms with E-state index in [9.17, 15) is 4.79 Å². The van der Waals surface area contributed by atoms with Gasteiger partial charge in [0.1, 0.15) is 0 Å². The van der Waals surface area contributed by atoms with Crippen molar-refractivity contribution in [2.75, 3.05) is 14.2 Å². The number of methoxy groups -OCH3 is 2. The first-order valence-electron chi connectivity index (χ1n) is 5.15. The van der Waals surface area contributed by atoms with Gasteiger partial charge in [0.2, 0.25) is 0 Å². The lowest BCUT2D eigenvalue weighted by atomic mass is 10.1. The molecule has 3 nitrogen and oxygen atoms in total. The highest BCUT2D eigenvalue weighted by atomic mass is 79.9. The molecule has 0 N–H and O–H groups in total. The second kappa shape index (κ2) is 5.54. The summed E-state index contributed by atoms with van der Waals surface area (Å²) in [7, 11) is 3.11. The van der Waals surface area contributed by atoms with Crippen LogP contribution in [-0.2, 0) is 0 Å². The van der Waals surface area contributed by atoms with Crippen LogP contribution in [0.25, 0.3) is 0 Å². The summed E-state index contributed by atoms with van der Waals surface area (Å²) in [6, 6.07) is 5.14. The summed E-state index contributed by atoms with van der Waals surface area (Å²) in [5.41, 5.74) is 1.24. The predicted octanol–water partition coefficient (Wildman–Crippen LogP) is 3.76. The maximum absolute atomic E-state index is 12.3. The zero-order chi connectivity index (χ0) is 13.1. The predicted molar refractivity (Wildman–Crippen MR) is 75.0 cm³/mol. The molecule has 0 bridgehead atoms. The number of carbonyl (C=O) groups is 1. The van der Waals surface area contributed by atoms with E-state index in [-0.39, 0.29) is 5.78 Å². The molecule has 0 amide bonds. The molecule has 2 aromatic rings. The van der Waals surface area contributed by atoms with E-state index in [4.69, 9.17) is 9.47 Å². The van der Waals surface area contributed by atoms with Crippen LogP contribution in [0.4, 0.5) is 0 Å². The first kappa shape index (κ1) is 13.1. The Morgan fingerprint density at radius 1 is 1.17 bits per heavy atom. The minimum atomic E-state index is -0.0379. The Kier molecular flexibility index (Phi) is 4.04. The number of hydrogen-bond acceptors (Lipinski definition) is 4. The van der Waals surface area contributed by atoms with Gasteiger partial charge < -0.3 is 9.47 Å². The summed E-state index contributed by atoms with van der Waals surface area (Å²) in [4.78, 5) is 12.3. The molecule has 94 valence electrons. The Morgan fingerprint density at radius 2 is 1.89 bits per heavy atom. The normalized spacial score (nSPS) is 10.2. The molecule has 0 fully saturated rings. The highest BCUT2D eigenvalue weighted by Gasteiger charge is 2.15. The first-order chi connectivity index (χ1) is 8.67. The van der Waals surface area contributed by atoms with Crippen molar-refractivity contribution in [3.05, 3.63) is 44.6 Å². The van der Waals surface area contributed by atoms with E-state index in [0.29, 0.717) is 22.6 Å². The molecule has 0 spiro atoms. The van der Waals surface area contributed by atoms with Crippen LogP contribution >= 0.6 is 27.3 Å². The van der Waals surface area contributed by atoms with Crippen LogP contribution in [0.1, 0.15) is 15.9 Å². The number of hydrogen-bond donors (Lipinski definition) is 0. The molecule has 0 aliphatic heterocycles. The van der Waals surface area contributed by atoms with Gasteiger partial charge >= 0.3 is 0 Å². The molecule has 0 saturated carbocycles. The Bertz CT molecular complexity index is 577. The molecule has 0 unspecified atom stereocenters. The molecule has 1 aromatic carbocycles. The SMILES string of the molecule is COc1ccc(C(=O)c2cscc2Br)cc1OC. The Balaban J connectivity index is 2.40. The van der Waals surface area contributed by atoms with Crippen molar-refractivity contribution in [3.8, 4) is 11.5 Å². The molecular formula is C13H11BrO3S. The molecule has 1 aromatic heterocycles. The maximum atomic E-state index is 12.3. The largest absolute Gasteiger partial charge is 0.493 e. The smallest absolute Gasteiger partial charge is 0.195 e. The van der Waals surface area contributed by atoms with Crippen LogP contribution < -0.4 is 9.47 Å². The van der Waals surface area contributed by atoms with Crippen molar-refractivity contribution in [3.63, 3.8) is 0 Å². The highest BCUT2D eigenvalue weighted by Crippen LogP contribution is 2.30. The summed E-state index contributed by atoms with van der Waals surface area (Å²) in [5.74, 6) is 1.12. The van der Waals surface area contributed by atoms with Gasteiger partial charge in [0.15, 0.2) is 17.3 Å². The number of rotatable bonds is 4. The third kappa shape index (κ3) is 2.42. The topological polar surface area (TPSA) is 35.5 Å².